The van der Waals surface area contributed by atoms with E-state index in [2.05, 4.69) is 15.2 Å². The third-order valence-electron chi connectivity index (χ3n) is 6.59. The molecule has 2 saturated heterocycles. The Hall–Kier alpha value is -3.26. The Morgan fingerprint density at radius 2 is 1.85 bits per heavy atom. The fourth-order valence-corrected chi connectivity index (χ4v) is 4.71. The summed E-state index contributed by atoms with van der Waals surface area (Å²) in [4.78, 5) is 46.3. The van der Waals surface area contributed by atoms with Crippen molar-refractivity contribution in [3.63, 3.8) is 0 Å². The van der Waals surface area contributed by atoms with Crippen LogP contribution in [0.5, 0.6) is 0 Å². The number of nitrogens with zero attached hydrogens (tertiary/aromatic N) is 3. The molecule has 8 nitrogen and oxygen atoms in total. The van der Waals surface area contributed by atoms with Gasteiger partial charge in [-0.2, -0.15) is 0 Å². The summed E-state index contributed by atoms with van der Waals surface area (Å²) in [6.45, 7) is 3.33. The molecule has 8 heteroatoms. The van der Waals surface area contributed by atoms with Gasteiger partial charge in [0.1, 0.15) is 5.82 Å². The maximum absolute atomic E-state index is 12.8. The number of carbonyl (C=O) groups is 3. The van der Waals surface area contributed by atoms with Crippen molar-refractivity contribution in [3.05, 3.63) is 58.8 Å². The van der Waals surface area contributed by atoms with Gasteiger partial charge >= 0.3 is 0 Å². The fourth-order valence-electron chi connectivity index (χ4n) is 4.71. The molecule has 0 saturated carbocycles. The summed E-state index contributed by atoms with van der Waals surface area (Å²) in [6.07, 6.45) is 7.13. The van der Waals surface area contributed by atoms with Crippen molar-refractivity contribution in [1.82, 2.24) is 15.2 Å². The Labute approximate surface area is 192 Å². The average molecular weight is 449 g/mol. The van der Waals surface area contributed by atoms with Gasteiger partial charge in [-0.3, -0.25) is 19.3 Å². The first kappa shape index (κ1) is 21.6. The fraction of sp³-hybridized carbons (Fsp3) is 0.440. The molecule has 33 heavy (non-hydrogen) atoms. The molecule has 1 N–H and O–H groups in total. The highest BCUT2D eigenvalue weighted by Gasteiger charge is 2.37. The lowest BCUT2D eigenvalue weighted by Crippen LogP contribution is -2.36. The Balaban J connectivity index is 1.21. The first-order valence-corrected chi connectivity index (χ1v) is 11.7. The van der Waals surface area contributed by atoms with Gasteiger partial charge in [0, 0.05) is 38.0 Å². The van der Waals surface area contributed by atoms with E-state index >= 15 is 0 Å². The molecule has 3 aliphatic rings. The molecular weight excluding hydrogens is 420 g/mol. The van der Waals surface area contributed by atoms with Crippen LogP contribution < -0.4 is 10.2 Å². The molecule has 4 heterocycles. The minimum Gasteiger partial charge on any atom is -0.376 e. The second kappa shape index (κ2) is 9.31. The van der Waals surface area contributed by atoms with E-state index in [1.807, 2.05) is 12.1 Å². The number of rotatable bonds is 6. The van der Waals surface area contributed by atoms with Crippen LogP contribution in [0.2, 0.25) is 0 Å². The van der Waals surface area contributed by atoms with E-state index in [4.69, 9.17) is 4.74 Å². The summed E-state index contributed by atoms with van der Waals surface area (Å²) in [6, 6.07) is 8.64. The smallest absolute Gasteiger partial charge is 0.261 e. The predicted octanol–water partition coefficient (Wildman–Crippen LogP) is 2.78. The van der Waals surface area contributed by atoms with Crippen LogP contribution in [-0.2, 0) is 11.3 Å². The molecule has 2 fully saturated rings. The van der Waals surface area contributed by atoms with E-state index in [9.17, 15) is 14.4 Å². The minimum absolute atomic E-state index is 0.107. The van der Waals surface area contributed by atoms with Crippen molar-refractivity contribution < 1.29 is 19.1 Å². The van der Waals surface area contributed by atoms with Crippen molar-refractivity contribution in [1.29, 1.82) is 0 Å². The summed E-state index contributed by atoms with van der Waals surface area (Å²) in [5.74, 6) is -0.00940. The molecule has 0 bridgehead atoms. The molecule has 1 aromatic carbocycles. The van der Waals surface area contributed by atoms with E-state index in [0.717, 1.165) is 37.3 Å². The van der Waals surface area contributed by atoms with E-state index < -0.39 is 0 Å². The SMILES string of the molecule is O=C(NCc1ccc(N2CCCCC2)nc1)c1ccc2c(c1)C(=O)N(CC1CCCO1)C2=O. The molecule has 3 aliphatic heterocycles. The number of hydrogen-bond acceptors (Lipinski definition) is 6. The summed E-state index contributed by atoms with van der Waals surface area (Å²) in [5.41, 5.74) is 1.87. The number of ether oxygens (including phenoxy) is 1. The van der Waals surface area contributed by atoms with E-state index in [1.165, 1.54) is 30.2 Å². The lowest BCUT2D eigenvalue weighted by Gasteiger charge is -2.27. The van der Waals surface area contributed by atoms with Crippen LogP contribution in [0.4, 0.5) is 5.82 Å². The van der Waals surface area contributed by atoms with Crippen molar-refractivity contribution in [3.8, 4) is 0 Å². The molecule has 1 aromatic heterocycles. The van der Waals surface area contributed by atoms with Crippen molar-refractivity contribution in [2.24, 2.45) is 0 Å². The van der Waals surface area contributed by atoms with Gasteiger partial charge in [0.15, 0.2) is 0 Å². The standard InChI is InChI=1S/C25H28N4O4/c30-23(27-15-17-6-9-22(26-14-17)28-10-2-1-3-11-28)18-7-8-20-21(13-18)25(32)29(24(20)31)16-19-5-4-12-33-19/h6-9,13-14,19H,1-5,10-12,15-16H2,(H,27,30). The van der Waals surface area contributed by atoms with Gasteiger partial charge in [-0.15, -0.1) is 0 Å². The Kier molecular flexibility index (Phi) is 6.09. The number of piperidine rings is 1. The number of nitrogens with one attached hydrogen (secondary N) is 1. The van der Waals surface area contributed by atoms with Crippen molar-refractivity contribution in [2.45, 2.75) is 44.8 Å². The number of benzene rings is 1. The number of fused-ring (bicyclic) bond motifs is 1. The average Bonchev–Trinajstić information content (AvgIpc) is 3.46. The molecule has 0 spiro atoms. The largest absolute Gasteiger partial charge is 0.376 e. The van der Waals surface area contributed by atoms with Gasteiger partial charge in [-0.25, -0.2) is 4.98 Å². The molecule has 172 valence electrons. The van der Waals surface area contributed by atoms with Crippen LogP contribution in [0.1, 0.15) is 68.7 Å². The number of anilines is 1. The minimum atomic E-state index is -0.363. The molecular formula is C25H28N4O4. The number of hydrogen-bond donors (Lipinski definition) is 1. The first-order valence-electron chi connectivity index (χ1n) is 11.7. The van der Waals surface area contributed by atoms with Gasteiger partial charge in [0.25, 0.3) is 17.7 Å². The second-order valence-corrected chi connectivity index (χ2v) is 8.87. The van der Waals surface area contributed by atoms with Crippen molar-refractivity contribution >= 4 is 23.5 Å². The maximum Gasteiger partial charge on any atom is 0.261 e. The lowest BCUT2D eigenvalue weighted by molar-refractivity contribution is 0.0475. The Morgan fingerprint density at radius 1 is 1.03 bits per heavy atom. The number of imide groups is 1. The van der Waals surface area contributed by atoms with Gasteiger partial charge < -0.3 is 15.0 Å². The highest BCUT2D eigenvalue weighted by atomic mass is 16.5. The molecule has 2 aromatic rings. The second-order valence-electron chi connectivity index (χ2n) is 8.87. The molecule has 5 rings (SSSR count). The Morgan fingerprint density at radius 3 is 2.58 bits per heavy atom. The number of aromatic nitrogens is 1. The van der Waals surface area contributed by atoms with Gasteiger partial charge in [0.2, 0.25) is 0 Å². The predicted molar refractivity (Wildman–Crippen MR) is 122 cm³/mol. The highest BCUT2D eigenvalue weighted by molar-refractivity contribution is 6.22. The summed E-state index contributed by atoms with van der Waals surface area (Å²) >= 11 is 0. The number of pyridine rings is 1. The van der Waals surface area contributed by atoms with E-state index in [1.54, 1.807) is 18.3 Å². The summed E-state index contributed by atoms with van der Waals surface area (Å²) in [5, 5.41) is 2.88. The van der Waals surface area contributed by atoms with Gasteiger partial charge in [-0.1, -0.05) is 6.07 Å². The van der Waals surface area contributed by atoms with E-state index in [0.29, 0.717) is 24.3 Å². The third-order valence-corrected chi connectivity index (χ3v) is 6.59. The molecule has 1 atom stereocenters. The van der Waals surface area contributed by atoms with Crippen LogP contribution in [0.25, 0.3) is 0 Å². The van der Waals surface area contributed by atoms with Crippen LogP contribution in [0, 0.1) is 0 Å². The quantitative estimate of drug-likeness (QED) is 0.684. The van der Waals surface area contributed by atoms with Crippen LogP contribution in [0.15, 0.2) is 36.5 Å². The zero-order valence-corrected chi connectivity index (χ0v) is 18.6. The van der Waals surface area contributed by atoms with Crippen LogP contribution >= 0.6 is 0 Å². The zero-order valence-electron chi connectivity index (χ0n) is 18.6. The Bertz CT molecular complexity index is 1060. The van der Waals surface area contributed by atoms with E-state index in [-0.39, 0.29) is 35.9 Å². The van der Waals surface area contributed by atoms with Crippen LogP contribution in [-0.4, -0.2) is 60.0 Å². The lowest BCUT2D eigenvalue weighted by atomic mass is 10.1. The normalized spacial score (nSPS) is 20.3. The first-order chi connectivity index (χ1) is 16.1. The molecule has 3 amide bonds. The summed E-state index contributed by atoms with van der Waals surface area (Å²) in [7, 11) is 0. The molecule has 1 unspecified atom stereocenters. The number of amides is 3. The van der Waals surface area contributed by atoms with Crippen LogP contribution in [0.3, 0.4) is 0 Å². The molecule has 0 aliphatic carbocycles. The van der Waals surface area contributed by atoms with Crippen molar-refractivity contribution in [2.75, 3.05) is 31.1 Å². The highest BCUT2D eigenvalue weighted by Crippen LogP contribution is 2.26. The third kappa shape index (κ3) is 4.48. The maximum atomic E-state index is 12.8. The topological polar surface area (TPSA) is 91.8 Å². The summed E-state index contributed by atoms with van der Waals surface area (Å²) < 4.78 is 5.57. The van der Waals surface area contributed by atoms with Gasteiger partial charge in [0.05, 0.1) is 23.8 Å². The molecule has 0 radical (unpaired) electrons. The number of carbonyl (C=O) groups excluding carboxylic acids is 3. The van der Waals surface area contributed by atoms with Gasteiger partial charge in [-0.05, 0) is 61.9 Å². The zero-order chi connectivity index (χ0) is 22.8. The monoisotopic (exact) mass is 448 g/mol.